The standard InChI is InChI=1S/C14H15N3O3/c1-19-10-20-12-5-2-11(3-6-12)4-7-14(18)16-13-8-9-15-17-13/h2-9H,10H2,1H3,(H2,15,16,17,18)/b7-4+. The van der Waals surface area contributed by atoms with Crippen molar-refractivity contribution in [1.82, 2.24) is 10.2 Å². The Hall–Kier alpha value is -2.60. The molecule has 0 saturated heterocycles. The number of carbonyl (C=O) groups excluding carboxylic acids is 1. The van der Waals surface area contributed by atoms with Crippen molar-refractivity contribution in [1.29, 1.82) is 0 Å². The van der Waals surface area contributed by atoms with Gasteiger partial charge in [-0.15, -0.1) is 0 Å². The molecule has 2 aromatic rings. The van der Waals surface area contributed by atoms with E-state index in [4.69, 9.17) is 9.47 Å². The van der Waals surface area contributed by atoms with E-state index >= 15 is 0 Å². The van der Waals surface area contributed by atoms with E-state index in [1.54, 1.807) is 25.4 Å². The number of H-pyrrole nitrogens is 1. The molecule has 1 aromatic heterocycles. The Morgan fingerprint density at radius 2 is 2.15 bits per heavy atom. The average molecular weight is 273 g/mol. The fourth-order valence-electron chi connectivity index (χ4n) is 1.47. The zero-order chi connectivity index (χ0) is 14.2. The van der Waals surface area contributed by atoms with Gasteiger partial charge >= 0.3 is 0 Å². The summed E-state index contributed by atoms with van der Waals surface area (Å²) in [6.45, 7) is 0.210. The number of benzene rings is 1. The number of amides is 1. The number of hydrogen-bond acceptors (Lipinski definition) is 4. The number of aromatic nitrogens is 2. The molecule has 0 aliphatic heterocycles. The third-order valence-corrected chi connectivity index (χ3v) is 2.41. The van der Waals surface area contributed by atoms with Gasteiger partial charge in [-0.25, -0.2) is 0 Å². The fraction of sp³-hybridized carbons (Fsp3) is 0.143. The highest BCUT2D eigenvalue weighted by atomic mass is 16.7. The van der Waals surface area contributed by atoms with Crippen molar-refractivity contribution in [3.63, 3.8) is 0 Å². The molecule has 0 aliphatic carbocycles. The second kappa shape index (κ2) is 7.10. The number of carbonyl (C=O) groups is 1. The Balaban J connectivity index is 1.88. The van der Waals surface area contributed by atoms with E-state index in [2.05, 4.69) is 15.5 Å². The number of rotatable bonds is 6. The van der Waals surface area contributed by atoms with Gasteiger partial charge in [0.25, 0.3) is 0 Å². The van der Waals surface area contributed by atoms with Crippen LogP contribution in [0, 0.1) is 0 Å². The van der Waals surface area contributed by atoms with Gasteiger partial charge in [-0.1, -0.05) is 12.1 Å². The van der Waals surface area contributed by atoms with Crippen molar-refractivity contribution in [2.75, 3.05) is 19.2 Å². The quantitative estimate of drug-likeness (QED) is 0.624. The molecule has 1 amide bonds. The van der Waals surface area contributed by atoms with Crippen LogP contribution < -0.4 is 10.1 Å². The molecule has 6 heteroatoms. The van der Waals surface area contributed by atoms with E-state index in [1.807, 2.05) is 24.3 Å². The summed E-state index contributed by atoms with van der Waals surface area (Å²) in [6.07, 6.45) is 4.73. The van der Waals surface area contributed by atoms with Crippen LogP contribution >= 0.6 is 0 Å². The largest absolute Gasteiger partial charge is 0.468 e. The Morgan fingerprint density at radius 1 is 1.35 bits per heavy atom. The minimum Gasteiger partial charge on any atom is -0.468 e. The molecule has 0 atom stereocenters. The van der Waals surface area contributed by atoms with Crippen molar-refractivity contribution in [3.8, 4) is 5.75 Å². The minimum absolute atomic E-state index is 0.210. The number of nitrogens with zero attached hydrogens (tertiary/aromatic N) is 1. The molecule has 6 nitrogen and oxygen atoms in total. The van der Waals surface area contributed by atoms with Gasteiger partial charge in [0.05, 0.1) is 6.20 Å². The first-order valence-corrected chi connectivity index (χ1v) is 5.98. The van der Waals surface area contributed by atoms with Gasteiger partial charge in [0.1, 0.15) is 11.6 Å². The normalized spacial score (nSPS) is 10.7. The van der Waals surface area contributed by atoms with Crippen LogP contribution in [0.4, 0.5) is 5.82 Å². The van der Waals surface area contributed by atoms with Crippen LogP contribution in [-0.2, 0) is 9.53 Å². The third-order valence-electron chi connectivity index (χ3n) is 2.41. The molecule has 0 bridgehead atoms. The first kappa shape index (κ1) is 13.8. The Bertz CT molecular complexity index is 562. The molecule has 1 heterocycles. The highest BCUT2D eigenvalue weighted by Crippen LogP contribution is 2.13. The Kier molecular flexibility index (Phi) is 4.91. The zero-order valence-corrected chi connectivity index (χ0v) is 11.0. The molecule has 0 aliphatic rings. The zero-order valence-electron chi connectivity index (χ0n) is 11.0. The molecule has 0 unspecified atom stereocenters. The van der Waals surface area contributed by atoms with Gasteiger partial charge in [-0.2, -0.15) is 5.10 Å². The number of ether oxygens (including phenoxy) is 2. The number of nitrogens with one attached hydrogen (secondary N) is 2. The number of hydrogen-bond donors (Lipinski definition) is 2. The van der Waals surface area contributed by atoms with Gasteiger partial charge < -0.3 is 14.8 Å². The van der Waals surface area contributed by atoms with Gasteiger partial charge in [-0.05, 0) is 23.8 Å². The Morgan fingerprint density at radius 3 is 2.80 bits per heavy atom. The van der Waals surface area contributed by atoms with Crippen molar-refractivity contribution in [2.45, 2.75) is 0 Å². The topological polar surface area (TPSA) is 76.2 Å². The molecule has 2 N–H and O–H groups in total. The molecule has 0 spiro atoms. The second-order valence-corrected chi connectivity index (χ2v) is 3.91. The smallest absolute Gasteiger partial charge is 0.249 e. The first-order chi connectivity index (χ1) is 9.78. The van der Waals surface area contributed by atoms with Crippen molar-refractivity contribution >= 4 is 17.8 Å². The molecule has 20 heavy (non-hydrogen) atoms. The van der Waals surface area contributed by atoms with Gasteiger partial charge in [-0.3, -0.25) is 9.89 Å². The van der Waals surface area contributed by atoms with E-state index in [0.29, 0.717) is 11.6 Å². The van der Waals surface area contributed by atoms with Crippen LogP contribution in [0.1, 0.15) is 5.56 Å². The van der Waals surface area contributed by atoms with E-state index in [-0.39, 0.29) is 12.7 Å². The predicted octanol–water partition coefficient (Wildman–Crippen LogP) is 2.04. The van der Waals surface area contributed by atoms with E-state index in [9.17, 15) is 4.79 Å². The lowest BCUT2D eigenvalue weighted by Gasteiger charge is -2.04. The van der Waals surface area contributed by atoms with Crippen molar-refractivity contribution in [2.24, 2.45) is 0 Å². The molecule has 2 rings (SSSR count). The average Bonchev–Trinajstić information content (AvgIpc) is 2.97. The Labute approximate surface area is 116 Å². The lowest BCUT2D eigenvalue weighted by molar-refractivity contribution is -0.111. The number of aromatic amines is 1. The highest BCUT2D eigenvalue weighted by Gasteiger charge is 1.98. The monoisotopic (exact) mass is 273 g/mol. The van der Waals surface area contributed by atoms with Gasteiger partial charge in [0.15, 0.2) is 6.79 Å². The summed E-state index contributed by atoms with van der Waals surface area (Å²) in [6, 6.07) is 9.00. The van der Waals surface area contributed by atoms with E-state index in [1.165, 1.54) is 6.08 Å². The summed E-state index contributed by atoms with van der Waals surface area (Å²) in [4.78, 5) is 11.6. The fourth-order valence-corrected chi connectivity index (χ4v) is 1.47. The molecule has 104 valence electrons. The minimum atomic E-state index is -0.228. The maximum atomic E-state index is 11.6. The molecule has 0 radical (unpaired) electrons. The summed E-state index contributed by atoms with van der Waals surface area (Å²) in [5.41, 5.74) is 0.898. The molecular formula is C14H15N3O3. The summed E-state index contributed by atoms with van der Waals surface area (Å²) in [5.74, 6) is 1.04. The number of methoxy groups -OCH3 is 1. The molecule has 0 fully saturated rings. The van der Waals surface area contributed by atoms with Crippen LogP contribution in [0.25, 0.3) is 6.08 Å². The summed E-state index contributed by atoms with van der Waals surface area (Å²) >= 11 is 0. The molecule has 1 aromatic carbocycles. The maximum Gasteiger partial charge on any atom is 0.249 e. The summed E-state index contributed by atoms with van der Waals surface area (Å²) in [5, 5.41) is 9.04. The first-order valence-electron chi connectivity index (χ1n) is 5.98. The second-order valence-electron chi connectivity index (χ2n) is 3.91. The van der Waals surface area contributed by atoms with Gasteiger partial charge in [0.2, 0.25) is 5.91 Å². The van der Waals surface area contributed by atoms with Crippen molar-refractivity contribution < 1.29 is 14.3 Å². The lowest BCUT2D eigenvalue weighted by atomic mass is 10.2. The van der Waals surface area contributed by atoms with Crippen LogP contribution in [-0.4, -0.2) is 30.0 Å². The molecule has 0 saturated carbocycles. The number of anilines is 1. The SMILES string of the molecule is COCOc1ccc(/C=C/C(=O)Nc2ccn[nH]2)cc1. The highest BCUT2D eigenvalue weighted by molar-refractivity contribution is 6.01. The summed E-state index contributed by atoms with van der Waals surface area (Å²) in [7, 11) is 1.56. The van der Waals surface area contributed by atoms with Crippen LogP contribution in [0.15, 0.2) is 42.6 Å². The van der Waals surface area contributed by atoms with Crippen LogP contribution in [0.2, 0.25) is 0 Å². The summed E-state index contributed by atoms with van der Waals surface area (Å²) < 4.78 is 10.1. The van der Waals surface area contributed by atoms with E-state index < -0.39 is 0 Å². The van der Waals surface area contributed by atoms with Crippen molar-refractivity contribution in [3.05, 3.63) is 48.2 Å². The maximum absolute atomic E-state index is 11.6. The lowest BCUT2D eigenvalue weighted by Crippen LogP contribution is -2.07. The van der Waals surface area contributed by atoms with Crippen LogP contribution in [0.5, 0.6) is 5.75 Å². The predicted molar refractivity (Wildman–Crippen MR) is 75.2 cm³/mol. The van der Waals surface area contributed by atoms with Gasteiger partial charge in [0, 0.05) is 19.3 Å². The third kappa shape index (κ3) is 4.25. The van der Waals surface area contributed by atoms with E-state index in [0.717, 1.165) is 5.56 Å². The molecular weight excluding hydrogens is 258 g/mol. The van der Waals surface area contributed by atoms with Crippen LogP contribution in [0.3, 0.4) is 0 Å².